The Balaban J connectivity index is 0.000000479. The third-order valence-corrected chi connectivity index (χ3v) is 6.78. The zero-order valence-electron chi connectivity index (χ0n) is 18.5. The van der Waals surface area contributed by atoms with Crippen LogP contribution in [0.2, 0.25) is 0 Å². The summed E-state index contributed by atoms with van der Waals surface area (Å²) in [5, 5.41) is -0.0163. The van der Waals surface area contributed by atoms with Crippen LogP contribution in [-0.2, 0) is 5.16 Å². The summed E-state index contributed by atoms with van der Waals surface area (Å²) in [5.74, 6) is 0.471. The van der Waals surface area contributed by atoms with E-state index in [2.05, 4.69) is 107 Å². The van der Waals surface area contributed by atoms with E-state index in [4.69, 9.17) is 0 Å². The SMILES string of the molecule is CCCCCC(c1ccccc1)C([PH3+])(c1ccccc1)c1ccccc1.F[P-](F)(F)(F)(F)F. The quantitative estimate of drug-likeness (QED) is 0.162. The number of hydrogen-bond acceptors (Lipinski definition) is 0. The van der Waals surface area contributed by atoms with Gasteiger partial charge in [-0.1, -0.05) is 117 Å². The molecule has 0 aliphatic rings. The van der Waals surface area contributed by atoms with Gasteiger partial charge in [-0.2, -0.15) is 0 Å². The molecule has 0 radical (unpaired) electrons. The number of rotatable bonds is 8. The van der Waals surface area contributed by atoms with Gasteiger partial charge in [-0.05, 0) is 32.4 Å². The van der Waals surface area contributed by atoms with Crippen LogP contribution in [0.15, 0.2) is 91.0 Å². The van der Waals surface area contributed by atoms with Crippen LogP contribution in [0.25, 0.3) is 0 Å². The van der Waals surface area contributed by atoms with Crippen molar-refractivity contribution < 1.29 is 25.2 Å². The van der Waals surface area contributed by atoms with Crippen LogP contribution in [-0.4, -0.2) is 0 Å². The monoisotopic (exact) mass is 506 g/mol. The first-order valence-corrected chi connectivity index (χ1v) is 13.5. The third-order valence-electron chi connectivity index (χ3n) is 5.47. The zero-order chi connectivity index (χ0) is 24.7. The van der Waals surface area contributed by atoms with Gasteiger partial charge in [-0.25, -0.2) is 0 Å². The van der Waals surface area contributed by atoms with Gasteiger partial charge in [-0.15, -0.1) is 0 Å². The van der Waals surface area contributed by atoms with E-state index < -0.39 is 7.81 Å². The summed E-state index contributed by atoms with van der Waals surface area (Å²) >= 11 is 0. The predicted molar refractivity (Wildman–Crippen MR) is 132 cm³/mol. The van der Waals surface area contributed by atoms with Crippen molar-refractivity contribution in [2.75, 3.05) is 0 Å². The van der Waals surface area contributed by atoms with Crippen LogP contribution in [0.4, 0.5) is 25.2 Å². The van der Waals surface area contributed by atoms with E-state index in [1.807, 2.05) is 0 Å². The first-order valence-electron chi connectivity index (χ1n) is 10.8. The van der Waals surface area contributed by atoms with Crippen LogP contribution in [0.5, 0.6) is 0 Å². The zero-order valence-corrected chi connectivity index (χ0v) is 20.8. The molecule has 33 heavy (non-hydrogen) atoms. The Bertz CT molecular complexity index is 925. The van der Waals surface area contributed by atoms with Crippen LogP contribution in [0.1, 0.15) is 55.2 Å². The molecule has 0 amide bonds. The van der Waals surface area contributed by atoms with Gasteiger partial charge in [0.25, 0.3) is 0 Å². The normalized spacial score (nSPS) is 15.0. The van der Waals surface area contributed by atoms with Crippen molar-refractivity contribution in [2.24, 2.45) is 0 Å². The molecule has 0 saturated heterocycles. The molecule has 8 heteroatoms. The van der Waals surface area contributed by atoms with Gasteiger partial charge in [0.1, 0.15) is 5.16 Å². The summed E-state index contributed by atoms with van der Waals surface area (Å²) in [6.45, 7) is 2.28. The number of halogens is 6. The average Bonchev–Trinajstić information content (AvgIpc) is 2.76. The molecule has 0 N–H and O–H groups in total. The van der Waals surface area contributed by atoms with E-state index in [1.54, 1.807) is 0 Å². The Morgan fingerprint density at radius 1 is 0.667 bits per heavy atom. The molecule has 3 aromatic rings. The molecule has 0 fully saturated rings. The number of hydrogen-bond donors (Lipinski definition) is 0. The van der Waals surface area contributed by atoms with Crippen molar-refractivity contribution in [1.29, 1.82) is 0 Å². The van der Waals surface area contributed by atoms with Crippen molar-refractivity contribution in [3.63, 3.8) is 0 Å². The van der Waals surface area contributed by atoms with Crippen molar-refractivity contribution in [3.8, 4) is 0 Å². The molecule has 0 aromatic heterocycles. The molecule has 0 saturated carbocycles. The fourth-order valence-electron chi connectivity index (χ4n) is 4.02. The van der Waals surface area contributed by atoms with Crippen LogP contribution in [0.3, 0.4) is 0 Å². The standard InChI is InChI=1S/C25H29P.F6P/c1-2-3-7-20-24(21-14-8-4-9-15-21)25(26,22-16-10-5-11-17-22)23-18-12-6-13-19-23;1-7(2,3,4,5)6/h4-6,8-19,24H,2-3,7,20,26H2,1H3;/q;-1/p+1. The van der Waals surface area contributed by atoms with Gasteiger partial charge in [0.2, 0.25) is 0 Å². The van der Waals surface area contributed by atoms with Crippen molar-refractivity contribution in [2.45, 2.75) is 43.7 Å². The van der Waals surface area contributed by atoms with Gasteiger partial charge >= 0.3 is 33.0 Å². The molecule has 0 bridgehead atoms. The van der Waals surface area contributed by atoms with Crippen molar-refractivity contribution in [1.82, 2.24) is 0 Å². The second-order valence-electron chi connectivity index (χ2n) is 8.12. The summed E-state index contributed by atoms with van der Waals surface area (Å²) < 4.78 is 59.2. The van der Waals surface area contributed by atoms with E-state index in [0.29, 0.717) is 5.92 Å². The molecule has 0 aliphatic carbocycles. The van der Waals surface area contributed by atoms with E-state index in [-0.39, 0.29) is 5.16 Å². The molecule has 0 heterocycles. The van der Waals surface area contributed by atoms with Gasteiger partial charge < -0.3 is 0 Å². The Morgan fingerprint density at radius 2 is 1.03 bits per heavy atom. The molecule has 0 spiro atoms. The molecular weight excluding hydrogens is 476 g/mol. The van der Waals surface area contributed by atoms with E-state index in [0.717, 1.165) is 0 Å². The minimum absolute atomic E-state index is 0.0163. The summed E-state index contributed by atoms with van der Waals surface area (Å²) in [6.07, 6.45) is 5.05. The Morgan fingerprint density at radius 3 is 1.39 bits per heavy atom. The summed E-state index contributed by atoms with van der Waals surface area (Å²) in [7, 11) is -8.50. The van der Waals surface area contributed by atoms with E-state index in [1.165, 1.54) is 42.4 Å². The van der Waals surface area contributed by atoms with Gasteiger partial charge in [0.15, 0.2) is 0 Å². The second-order valence-corrected chi connectivity index (χ2v) is 11.2. The molecular formula is C25H30F6P2. The molecule has 3 aromatic carbocycles. The summed E-state index contributed by atoms with van der Waals surface area (Å²) in [5.41, 5.74) is 4.27. The van der Waals surface area contributed by atoms with Gasteiger partial charge in [0, 0.05) is 5.92 Å². The summed E-state index contributed by atoms with van der Waals surface area (Å²) in [6, 6.07) is 33.3. The average molecular weight is 506 g/mol. The van der Waals surface area contributed by atoms with E-state index in [9.17, 15) is 25.2 Å². The topological polar surface area (TPSA) is 0 Å². The van der Waals surface area contributed by atoms with E-state index >= 15 is 0 Å². The maximum absolute atomic E-state index is 10.7. The Kier molecular flexibility index (Phi) is 8.41. The van der Waals surface area contributed by atoms with Gasteiger partial charge in [0.05, 0.1) is 0 Å². The summed E-state index contributed by atoms with van der Waals surface area (Å²) in [4.78, 5) is 0. The molecule has 2 unspecified atom stereocenters. The molecule has 3 rings (SSSR count). The fraction of sp³-hybridized carbons (Fsp3) is 0.280. The number of unbranched alkanes of at least 4 members (excludes halogenated alkanes) is 2. The second kappa shape index (κ2) is 10.2. The molecule has 0 aliphatic heterocycles. The van der Waals surface area contributed by atoms with Crippen LogP contribution in [0, 0.1) is 0 Å². The maximum atomic E-state index is 9.87. The third kappa shape index (κ3) is 9.86. The molecule has 182 valence electrons. The van der Waals surface area contributed by atoms with Crippen LogP contribution < -0.4 is 0 Å². The predicted octanol–water partition coefficient (Wildman–Crippen LogP) is 10.3. The molecule has 2 atom stereocenters. The fourth-order valence-corrected chi connectivity index (χ4v) is 4.93. The Labute approximate surface area is 193 Å². The first-order chi connectivity index (χ1) is 15.2. The minimum atomic E-state index is -10.7. The number of benzene rings is 3. The van der Waals surface area contributed by atoms with Crippen molar-refractivity contribution in [3.05, 3.63) is 108 Å². The Hall–Kier alpha value is -1.90. The van der Waals surface area contributed by atoms with Gasteiger partial charge in [-0.3, -0.25) is 0 Å². The van der Waals surface area contributed by atoms with Crippen LogP contribution >= 0.6 is 17.0 Å². The van der Waals surface area contributed by atoms with Crippen molar-refractivity contribution >= 4 is 17.0 Å². The molecule has 0 nitrogen and oxygen atoms in total. The first kappa shape index (κ1) is 27.3.